The van der Waals surface area contributed by atoms with Crippen molar-refractivity contribution < 1.29 is 13.6 Å². The Morgan fingerprint density at radius 2 is 1.62 bits per heavy atom. The van der Waals surface area contributed by atoms with Gasteiger partial charge in [0.15, 0.2) is 0 Å². The summed E-state index contributed by atoms with van der Waals surface area (Å²) >= 11 is 0. The normalized spacial score (nSPS) is 30.0. The van der Waals surface area contributed by atoms with Crippen molar-refractivity contribution in [3.8, 4) is 0 Å². The summed E-state index contributed by atoms with van der Waals surface area (Å²) in [6, 6.07) is 0.811. The lowest BCUT2D eigenvalue weighted by molar-refractivity contribution is -0.130. The lowest BCUT2D eigenvalue weighted by Gasteiger charge is -2.32. The molecule has 5 heteroatoms. The molecule has 21 heavy (non-hydrogen) atoms. The van der Waals surface area contributed by atoms with Crippen LogP contribution in [0.2, 0.25) is 0 Å². The number of amides is 1. The van der Waals surface area contributed by atoms with Gasteiger partial charge in [0, 0.05) is 30.8 Å². The summed E-state index contributed by atoms with van der Waals surface area (Å²) in [7, 11) is 0. The van der Waals surface area contributed by atoms with Gasteiger partial charge in [0.1, 0.15) is 0 Å². The second-order valence-electron chi connectivity index (χ2n) is 6.64. The Morgan fingerprint density at radius 1 is 1.05 bits per heavy atom. The first kappa shape index (κ1) is 16.7. The summed E-state index contributed by atoms with van der Waals surface area (Å²) in [5.74, 6) is -2.77. The lowest BCUT2D eigenvalue weighted by atomic mass is 9.85. The van der Waals surface area contributed by atoms with Gasteiger partial charge in [-0.1, -0.05) is 6.92 Å². The molecule has 0 aromatic carbocycles. The van der Waals surface area contributed by atoms with Crippen molar-refractivity contribution in [2.75, 3.05) is 6.54 Å². The number of rotatable bonds is 5. The fraction of sp³-hybridized carbons (Fsp3) is 0.938. The van der Waals surface area contributed by atoms with E-state index in [0.717, 1.165) is 38.6 Å². The third-order valence-corrected chi connectivity index (χ3v) is 4.84. The fourth-order valence-electron chi connectivity index (χ4n) is 3.41. The van der Waals surface area contributed by atoms with Crippen molar-refractivity contribution in [2.45, 2.75) is 82.7 Å². The molecule has 0 aliphatic heterocycles. The Balaban J connectivity index is 1.67. The van der Waals surface area contributed by atoms with Crippen LogP contribution in [0.4, 0.5) is 8.78 Å². The molecule has 0 saturated heterocycles. The molecule has 2 saturated carbocycles. The second kappa shape index (κ2) is 7.52. The van der Waals surface area contributed by atoms with Gasteiger partial charge >= 0.3 is 0 Å². The number of carbonyl (C=O) groups excluding carboxylic acids is 1. The first-order valence-electron chi connectivity index (χ1n) is 8.42. The Hall–Kier alpha value is -0.710. The van der Waals surface area contributed by atoms with Crippen LogP contribution in [0.25, 0.3) is 0 Å². The van der Waals surface area contributed by atoms with E-state index in [0.29, 0.717) is 18.9 Å². The number of carbonyl (C=O) groups is 1. The van der Waals surface area contributed by atoms with Gasteiger partial charge in [0.05, 0.1) is 0 Å². The minimum atomic E-state index is -2.56. The van der Waals surface area contributed by atoms with Gasteiger partial charge in [-0.25, -0.2) is 8.78 Å². The zero-order valence-corrected chi connectivity index (χ0v) is 13.0. The minimum absolute atomic E-state index is 0.00420. The standard InChI is InChI=1S/C16H28F2N2O/c1-2-11-19-13-3-5-14(6-4-13)20-15(21)12-7-9-16(17,18)10-8-12/h12-14,19H,2-11H2,1H3,(H,20,21). The minimum Gasteiger partial charge on any atom is -0.353 e. The van der Waals surface area contributed by atoms with Crippen LogP contribution in [0.3, 0.4) is 0 Å². The molecular weight excluding hydrogens is 274 g/mol. The monoisotopic (exact) mass is 302 g/mol. The van der Waals surface area contributed by atoms with Crippen molar-refractivity contribution in [3.05, 3.63) is 0 Å². The van der Waals surface area contributed by atoms with E-state index < -0.39 is 5.92 Å². The Morgan fingerprint density at radius 3 is 2.19 bits per heavy atom. The van der Waals surface area contributed by atoms with Gasteiger partial charge in [0.2, 0.25) is 11.8 Å². The molecule has 0 unspecified atom stereocenters. The van der Waals surface area contributed by atoms with Crippen LogP contribution < -0.4 is 10.6 Å². The first-order chi connectivity index (χ1) is 10.00. The lowest BCUT2D eigenvalue weighted by Crippen LogP contribution is -2.45. The zero-order chi connectivity index (χ0) is 15.3. The molecule has 0 aromatic heterocycles. The third-order valence-electron chi connectivity index (χ3n) is 4.84. The van der Waals surface area contributed by atoms with Gasteiger partial charge in [0.25, 0.3) is 0 Å². The molecule has 0 bridgehead atoms. The summed E-state index contributed by atoms with van der Waals surface area (Å²) in [4.78, 5) is 12.2. The van der Waals surface area contributed by atoms with Crippen molar-refractivity contribution >= 4 is 5.91 Å². The molecular formula is C16H28F2N2O. The summed E-state index contributed by atoms with van der Waals surface area (Å²) in [5, 5.41) is 6.60. The number of halogens is 2. The molecule has 2 aliphatic carbocycles. The van der Waals surface area contributed by atoms with E-state index in [1.54, 1.807) is 0 Å². The third kappa shape index (κ3) is 5.20. The van der Waals surface area contributed by atoms with Gasteiger partial charge in [-0.15, -0.1) is 0 Å². The summed E-state index contributed by atoms with van der Waals surface area (Å²) in [6.45, 7) is 3.21. The molecule has 0 atom stereocenters. The molecule has 3 nitrogen and oxygen atoms in total. The number of hydrogen-bond donors (Lipinski definition) is 2. The molecule has 122 valence electrons. The van der Waals surface area contributed by atoms with Crippen LogP contribution in [-0.4, -0.2) is 30.5 Å². The van der Waals surface area contributed by atoms with E-state index in [9.17, 15) is 13.6 Å². The molecule has 0 heterocycles. The summed E-state index contributed by atoms with van der Waals surface area (Å²) in [6.07, 6.45) is 5.69. The summed E-state index contributed by atoms with van der Waals surface area (Å²) < 4.78 is 26.2. The van der Waals surface area contributed by atoms with Crippen molar-refractivity contribution in [1.29, 1.82) is 0 Å². The Bertz CT molecular complexity index is 331. The highest BCUT2D eigenvalue weighted by atomic mass is 19.3. The molecule has 2 fully saturated rings. The van der Waals surface area contributed by atoms with Crippen LogP contribution in [0.1, 0.15) is 64.7 Å². The van der Waals surface area contributed by atoms with Crippen molar-refractivity contribution in [3.63, 3.8) is 0 Å². The van der Waals surface area contributed by atoms with E-state index in [4.69, 9.17) is 0 Å². The highest BCUT2D eigenvalue weighted by molar-refractivity contribution is 5.79. The number of hydrogen-bond acceptors (Lipinski definition) is 2. The van der Waals surface area contributed by atoms with Crippen LogP contribution in [0.15, 0.2) is 0 Å². The van der Waals surface area contributed by atoms with Gasteiger partial charge in [-0.3, -0.25) is 4.79 Å². The summed E-state index contributed by atoms with van der Waals surface area (Å²) in [5.41, 5.74) is 0. The van der Waals surface area contributed by atoms with Gasteiger partial charge < -0.3 is 10.6 Å². The molecule has 1 amide bonds. The fourth-order valence-corrected chi connectivity index (χ4v) is 3.41. The zero-order valence-electron chi connectivity index (χ0n) is 13.0. The SMILES string of the molecule is CCCNC1CCC(NC(=O)C2CCC(F)(F)CC2)CC1. The maximum Gasteiger partial charge on any atom is 0.248 e. The molecule has 0 radical (unpaired) electrons. The van der Waals surface area contributed by atoms with E-state index >= 15 is 0 Å². The highest BCUT2D eigenvalue weighted by Crippen LogP contribution is 2.36. The average Bonchev–Trinajstić information content (AvgIpc) is 2.46. The van der Waals surface area contributed by atoms with E-state index in [1.165, 1.54) is 0 Å². The smallest absolute Gasteiger partial charge is 0.248 e. The maximum absolute atomic E-state index is 13.1. The Kier molecular flexibility index (Phi) is 5.97. The molecule has 2 rings (SSSR count). The van der Waals surface area contributed by atoms with Crippen LogP contribution in [-0.2, 0) is 4.79 Å². The highest BCUT2D eigenvalue weighted by Gasteiger charge is 2.37. The topological polar surface area (TPSA) is 41.1 Å². The number of nitrogens with one attached hydrogen (secondary N) is 2. The first-order valence-corrected chi connectivity index (χ1v) is 8.42. The van der Waals surface area contributed by atoms with Gasteiger partial charge in [-0.05, 0) is 51.5 Å². The predicted molar refractivity (Wildman–Crippen MR) is 79.4 cm³/mol. The van der Waals surface area contributed by atoms with Crippen LogP contribution in [0, 0.1) is 5.92 Å². The van der Waals surface area contributed by atoms with Crippen molar-refractivity contribution in [1.82, 2.24) is 10.6 Å². The average molecular weight is 302 g/mol. The van der Waals surface area contributed by atoms with E-state index in [1.807, 2.05) is 0 Å². The maximum atomic E-state index is 13.1. The van der Waals surface area contributed by atoms with E-state index in [2.05, 4.69) is 17.6 Å². The van der Waals surface area contributed by atoms with Crippen LogP contribution in [0.5, 0.6) is 0 Å². The Labute approximate surface area is 126 Å². The van der Waals surface area contributed by atoms with Gasteiger partial charge in [-0.2, -0.15) is 0 Å². The molecule has 0 aromatic rings. The molecule has 0 spiro atoms. The van der Waals surface area contributed by atoms with E-state index in [-0.39, 0.29) is 30.7 Å². The largest absolute Gasteiger partial charge is 0.353 e. The second-order valence-corrected chi connectivity index (χ2v) is 6.64. The quantitative estimate of drug-likeness (QED) is 0.818. The predicted octanol–water partition coefficient (Wildman–Crippen LogP) is 3.24. The molecule has 2 N–H and O–H groups in total. The van der Waals surface area contributed by atoms with Crippen LogP contribution >= 0.6 is 0 Å². The molecule has 2 aliphatic rings. The van der Waals surface area contributed by atoms with Crippen molar-refractivity contribution in [2.24, 2.45) is 5.92 Å². The number of alkyl halides is 2.